The first kappa shape index (κ1) is 12.7. The molecule has 18 heavy (non-hydrogen) atoms. The molecule has 0 atom stereocenters. The Morgan fingerprint density at radius 2 is 2.17 bits per heavy atom. The van der Waals surface area contributed by atoms with Crippen LogP contribution >= 0.6 is 11.6 Å². The molecule has 0 bridgehead atoms. The van der Waals surface area contributed by atoms with Crippen LogP contribution in [0, 0.1) is 13.8 Å². The minimum atomic E-state index is 0.522. The van der Waals surface area contributed by atoms with Crippen molar-refractivity contribution in [1.29, 1.82) is 0 Å². The van der Waals surface area contributed by atoms with Crippen molar-refractivity contribution in [1.82, 2.24) is 14.8 Å². The molecule has 5 nitrogen and oxygen atoms in total. The second-order valence-corrected chi connectivity index (χ2v) is 4.63. The van der Waals surface area contributed by atoms with Crippen LogP contribution in [0.2, 0.25) is 5.02 Å². The molecule has 0 aliphatic rings. The standard InChI is InChI=1S/C12H16ClN5/c1-7-10(8(2)18(3)17-7)6-16-12-11(13)4-9(14)5-15-12/h4-5H,6,14H2,1-3H3,(H,15,16). The minimum Gasteiger partial charge on any atom is -0.397 e. The van der Waals surface area contributed by atoms with Crippen LogP contribution in [0.15, 0.2) is 12.3 Å². The smallest absolute Gasteiger partial charge is 0.145 e. The quantitative estimate of drug-likeness (QED) is 0.893. The Bertz CT molecular complexity index is 576. The molecule has 0 saturated heterocycles. The first-order valence-corrected chi connectivity index (χ1v) is 6.00. The number of nitrogens with two attached hydrogens (primary N) is 1. The number of aromatic nitrogens is 3. The van der Waals surface area contributed by atoms with E-state index in [-0.39, 0.29) is 0 Å². The van der Waals surface area contributed by atoms with Crippen molar-refractivity contribution in [2.45, 2.75) is 20.4 Å². The van der Waals surface area contributed by atoms with Gasteiger partial charge in [0.1, 0.15) is 5.82 Å². The molecule has 0 unspecified atom stereocenters. The lowest BCUT2D eigenvalue weighted by molar-refractivity contribution is 0.730. The van der Waals surface area contributed by atoms with E-state index in [1.54, 1.807) is 12.3 Å². The number of nitrogens with one attached hydrogen (secondary N) is 1. The van der Waals surface area contributed by atoms with E-state index in [1.807, 2.05) is 25.6 Å². The van der Waals surface area contributed by atoms with Gasteiger partial charge in [0.25, 0.3) is 0 Å². The first-order chi connectivity index (χ1) is 8.49. The summed E-state index contributed by atoms with van der Waals surface area (Å²) in [5.41, 5.74) is 9.45. The number of halogens is 1. The van der Waals surface area contributed by atoms with Crippen LogP contribution in [-0.4, -0.2) is 14.8 Å². The Morgan fingerprint density at radius 1 is 1.44 bits per heavy atom. The van der Waals surface area contributed by atoms with Crippen molar-refractivity contribution in [2.75, 3.05) is 11.1 Å². The summed E-state index contributed by atoms with van der Waals surface area (Å²) in [4.78, 5) is 4.16. The molecule has 0 amide bonds. The summed E-state index contributed by atoms with van der Waals surface area (Å²) >= 11 is 6.05. The van der Waals surface area contributed by atoms with Gasteiger partial charge in [0.2, 0.25) is 0 Å². The lowest BCUT2D eigenvalue weighted by Crippen LogP contribution is -2.04. The molecule has 6 heteroatoms. The molecule has 0 saturated carbocycles. The number of nitrogen functional groups attached to an aromatic ring is 1. The summed E-state index contributed by atoms with van der Waals surface area (Å²) in [7, 11) is 1.93. The van der Waals surface area contributed by atoms with E-state index >= 15 is 0 Å². The molecule has 2 heterocycles. The maximum absolute atomic E-state index is 6.05. The predicted octanol–water partition coefficient (Wildman–Crippen LogP) is 2.28. The van der Waals surface area contributed by atoms with Crippen molar-refractivity contribution >= 4 is 23.1 Å². The van der Waals surface area contributed by atoms with Crippen molar-refractivity contribution in [3.8, 4) is 0 Å². The van der Waals surface area contributed by atoms with Crippen LogP contribution in [0.4, 0.5) is 11.5 Å². The van der Waals surface area contributed by atoms with E-state index < -0.39 is 0 Å². The largest absolute Gasteiger partial charge is 0.397 e. The van der Waals surface area contributed by atoms with Crippen molar-refractivity contribution in [3.63, 3.8) is 0 Å². The Labute approximate surface area is 111 Å². The summed E-state index contributed by atoms with van der Waals surface area (Å²) in [6.45, 7) is 4.67. The average molecular weight is 266 g/mol. The van der Waals surface area contributed by atoms with Gasteiger partial charge in [-0.25, -0.2) is 4.98 Å². The third-order valence-corrected chi connectivity index (χ3v) is 3.24. The summed E-state index contributed by atoms with van der Waals surface area (Å²) in [6, 6.07) is 1.68. The fourth-order valence-electron chi connectivity index (χ4n) is 1.83. The SMILES string of the molecule is Cc1nn(C)c(C)c1CNc1ncc(N)cc1Cl. The Balaban J connectivity index is 2.16. The number of anilines is 2. The van der Waals surface area contributed by atoms with Crippen molar-refractivity contribution < 1.29 is 0 Å². The van der Waals surface area contributed by atoms with Crippen LogP contribution < -0.4 is 11.1 Å². The first-order valence-electron chi connectivity index (χ1n) is 5.63. The highest BCUT2D eigenvalue weighted by atomic mass is 35.5. The van der Waals surface area contributed by atoms with Gasteiger partial charge in [-0.1, -0.05) is 11.6 Å². The van der Waals surface area contributed by atoms with Gasteiger partial charge in [-0.2, -0.15) is 5.10 Å². The molecule has 0 spiro atoms. The molecule has 2 aromatic heterocycles. The van der Waals surface area contributed by atoms with Crippen molar-refractivity contribution in [2.24, 2.45) is 7.05 Å². The zero-order valence-electron chi connectivity index (χ0n) is 10.7. The normalized spacial score (nSPS) is 10.7. The summed E-state index contributed by atoms with van der Waals surface area (Å²) in [5.74, 6) is 0.633. The second-order valence-electron chi connectivity index (χ2n) is 4.23. The third kappa shape index (κ3) is 2.41. The molecule has 0 fully saturated rings. The van der Waals surface area contributed by atoms with Crippen LogP contribution in [0.5, 0.6) is 0 Å². The molecule has 0 aliphatic carbocycles. The maximum Gasteiger partial charge on any atom is 0.145 e. The average Bonchev–Trinajstić information content (AvgIpc) is 2.53. The summed E-state index contributed by atoms with van der Waals surface area (Å²) in [5, 5.41) is 8.08. The van der Waals surface area contributed by atoms with Gasteiger partial charge >= 0.3 is 0 Å². The zero-order chi connectivity index (χ0) is 13.3. The molecule has 2 rings (SSSR count). The van der Waals surface area contributed by atoms with Crippen molar-refractivity contribution in [3.05, 3.63) is 34.2 Å². The van der Waals surface area contributed by atoms with Gasteiger partial charge in [-0.15, -0.1) is 0 Å². The molecule has 0 aliphatic heterocycles. The second kappa shape index (κ2) is 4.86. The van der Waals surface area contributed by atoms with E-state index in [4.69, 9.17) is 17.3 Å². The topological polar surface area (TPSA) is 68.8 Å². The van der Waals surface area contributed by atoms with Crippen LogP contribution in [-0.2, 0) is 13.6 Å². The number of hydrogen-bond acceptors (Lipinski definition) is 4. The lowest BCUT2D eigenvalue weighted by Gasteiger charge is -2.08. The molecule has 96 valence electrons. The van der Waals surface area contributed by atoms with Gasteiger partial charge in [-0.3, -0.25) is 4.68 Å². The van der Waals surface area contributed by atoms with E-state index in [0.717, 1.165) is 17.0 Å². The van der Waals surface area contributed by atoms with Gasteiger partial charge in [0.05, 0.1) is 22.6 Å². The number of rotatable bonds is 3. The highest BCUT2D eigenvalue weighted by molar-refractivity contribution is 6.33. The van der Waals surface area contributed by atoms with Gasteiger partial charge in [0.15, 0.2) is 0 Å². The lowest BCUT2D eigenvalue weighted by atomic mass is 10.2. The monoisotopic (exact) mass is 265 g/mol. The number of nitrogens with zero attached hydrogens (tertiary/aromatic N) is 3. The zero-order valence-corrected chi connectivity index (χ0v) is 11.4. The van der Waals surface area contributed by atoms with Crippen LogP contribution in [0.3, 0.4) is 0 Å². The van der Waals surface area contributed by atoms with Gasteiger partial charge < -0.3 is 11.1 Å². The van der Waals surface area contributed by atoms with E-state index in [2.05, 4.69) is 15.4 Å². The predicted molar refractivity (Wildman–Crippen MR) is 73.7 cm³/mol. The number of hydrogen-bond donors (Lipinski definition) is 2. The summed E-state index contributed by atoms with van der Waals surface area (Å²) in [6.07, 6.45) is 1.58. The molecule has 2 aromatic rings. The van der Waals surface area contributed by atoms with Crippen LogP contribution in [0.25, 0.3) is 0 Å². The molecular formula is C12H16ClN5. The molecule has 3 N–H and O–H groups in total. The molecule has 0 aromatic carbocycles. The highest BCUT2D eigenvalue weighted by Gasteiger charge is 2.10. The Kier molecular flexibility index (Phi) is 3.43. The molecule has 0 radical (unpaired) electrons. The van der Waals surface area contributed by atoms with E-state index in [1.165, 1.54) is 0 Å². The minimum absolute atomic E-state index is 0.522. The van der Waals surface area contributed by atoms with E-state index in [9.17, 15) is 0 Å². The summed E-state index contributed by atoms with van der Waals surface area (Å²) < 4.78 is 1.87. The van der Waals surface area contributed by atoms with E-state index in [0.29, 0.717) is 23.1 Å². The van der Waals surface area contributed by atoms with Gasteiger partial charge in [0, 0.05) is 24.8 Å². The Morgan fingerprint density at radius 3 is 2.72 bits per heavy atom. The highest BCUT2D eigenvalue weighted by Crippen LogP contribution is 2.22. The fourth-order valence-corrected chi connectivity index (χ4v) is 2.07. The molecular weight excluding hydrogens is 250 g/mol. The fraction of sp³-hybridized carbons (Fsp3) is 0.333. The maximum atomic E-state index is 6.05. The van der Waals surface area contributed by atoms with Gasteiger partial charge in [-0.05, 0) is 19.9 Å². The third-order valence-electron chi connectivity index (χ3n) is 2.95. The Hall–Kier alpha value is -1.75. The van der Waals surface area contributed by atoms with Crippen LogP contribution in [0.1, 0.15) is 17.0 Å². The number of pyridine rings is 1. The number of aryl methyl sites for hydroxylation is 2.